The Morgan fingerprint density at radius 3 is 2.65 bits per heavy atom. The SMILES string of the molecule is CCCCCCCC1OC1/C=C/C(=O)[C@]1(O)C(=O)N[C@@H](C)[C@@H]1O. The van der Waals surface area contributed by atoms with E-state index in [4.69, 9.17) is 4.74 Å². The van der Waals surface area contributed by atoms with Crippen LogP contribution in [-0.2, 0) is 14.3 Å². The van der Waals surface area contributed by atoms with E-state index in [1.54, 1.807) is 6.08 Å². The average molecular weight is 325 g/mol. The van der Waals surface area contributed by atoms with Gasteiger partial charge >= 0.3 is 0 Å². The van der Waals surface area contributed by atoms with Gasteiger partial charge in [-0.1, -0.05) is 39.0 Å². The minimum atomic E-state index is -2.39. The molecule has 0 aromatic rings. The van der Waals surface area contributed by atoms with Crippen molar-refractivity contribution in [3.8, 4) is 0 Å². The Kier molecular flexibility index (Phi) is 5.95. The molecule has 130 valence electrons. The number of rotatable bonds is 9. The van der Waals surface area contributed by atoms with Gasteiger partial charge in [-0.2, -0.15) is 0 Å². The van der Waals surface area contributed by atoms with E-state index in [-0.39, 0.29) is 12.2 Å². The van der Waals surface area contributed by atoms with Crippen LogP contribution in [0.4, 0.5) is 0 Å². The molecule has 6 heteroatoms. The molecule has 2 saturated heterocycles. The third kappa shape index (κ3) is 4.00. The Labute approximate surface area is 136 Å². The largest absolute Gasteiger partial charge is 0.387 e. The molecule has 0 saturated carbocycles. The topological polar surface area (TPSA) is 99.2 Å². The summed E-state index contributed by atoms with van der Waals surface area (Å²) < 4.78 is 5.46. The van der Waals surface area contributed by atoms with E-state index < -0.39 is 29.4 Å². The summed E-state index contributed by atoms with van der Waals surface area (Å²) in [4.78, 5) is 23.8. The van der Waals surface area contributed by atoms with Gasteiger partial charge in [0.15, 0.2) is 5.78 Å². The molecule has 0 spiro atoms. The number of ketones is 1. The zero-order valence-electron chi connectivity index (χ0n) is 13.8. The molecule has 0 aliphatic carbocycles. The molecule has 2 unspecified atom stereocenters. The summed E-state index contributed by atoms with van der Waals surface area (Å²) in [6, 6.07) is -0.655. The van der Waals surface area contributed by atoms with Gasteiger partial charge in [0, 0.05) is 0 Å². The molecule has 1 amide bonds. The number of aliphatic hydroxyl groups is 2. The van der Waals surface area contributed by atoms with Gasteiger partial charge in [0.05, 0.1) is 12.1 Å². The molecule has 2 heterocycles. The Bertz CT molecular complexity index is 478. The van der Waals surface area contributed by atoms with Crippen molar-refractivity contribution in [3.63, 3.8) is 0 Å². The lowest BCUT2D eigenvalue weighted by Crippen LogP contribution is -2.52. The van der Waals surface area contributed by atoms with E-state index in [0.717, 1.165) is 18.9 Å². The van der Waals surface area contributed by atoms with E-state index in [1.807, 2.05) is 0 Å². The predicted octanol–water partition coefficient (Wildman–Crippen LogP) is 0.850. The van der Waals surface area contributed by atoms with Crippen molar-refractivity contribution in [3.05, 3.63) is 12.2 Å². The van der Waals surface area contributed by atoms with Crippen LogP contribution >= 0.6 is 0 Å². The number of hydrogen-bond donors (Lipinski definition) is 3. The van der Waals surface area contributed by atoms with Gasteiger partial charge < -0.3 is 20.3 Å². The van der Waals surface area contributed by atoms with E-state index in [1.165, 1.54) is 32.6 Å². The van der Waals surface area contributed by atoms with Crippen LogP contribution in [0.15, 0.2) is 12.2 Å². The number of ether oxygens (including phenoxy) is 1. The molecule has 2 rings (SSSR count). The van der Waals surface area contributed by atoms with E-state index in [0.29, 0.717) is 0 Å². The molecule has 0 aromatic heterocycles. The predicted molar refractivity (Wildman–Crippen MR) is 84.7 cm³/mol. The van der Waals surface area contributed by atoms with Crippen molar-refractivity contribution in [2.75, 3.05) is 0 Å². The van der Waals surface area contributed by atoms with Crippen LogP contribution in [0.25, 0.3) is 0 Å². The minimum Gasteiger partial charge on any atom is -0.387 e. The fourth-order valence-electron chi connectivity index (χ4n) is 2.97. The molecule has 23 heavy (non-hydrogen) atoms. The second-order valence-electron chi connectivity index (χ2n) is 6.54. The molecule has 6 nitrogen and oxygen atoms in total. The number of unbranched alkanes of at least 4 members (excludes halogenated alkanes) is 4. The van der Waals surface area contributed by atoms with Crippen LogP contribution in [0.1, 0.15) is 52.4 Å². The average Bonchev–Trinajstić information content (AvgIpc) is 3.24. The molecule has 0 aromatic carbocycles. The fourth-order valence-corrected chi connectivity index (χ4v) is 2.97. The maximum absolute atomic E-state index is 12.1. The van der Waals surface area contributed by atoms with Gasteiger partial charge in [-0.15, -0.1) is 0 Å². The number of carbonyl (C=O) groups excluding carboxylic acids is 2. The van der Waals surface area contributed by atoms with Crippen molar-refractivity contribution in [1.82, 2.24) is 5.32 Å². The summed E-state index contributed by atoms with van der Waals surface area (Å²) in [6.07, 6.45) is 8.23. The Hall–Kier alpha value is -1.24. The van der Waals surface area contributed by atoms with Crippen molar-refractivity contribution >= 4 is 11.7 Å². The molecular weight excluding hydrogens is 298 g/mol. The minimum absolute atomic E-state index is 0.122. The second kappa shape index (κ2) is 7.55. The number of amides is 1. The smallest absolute Gasteiger partial charge is 0.263 e. The highest BCUT2D eigenvalue weighted by atomic mass is 16.6. The van der Waals surface area contributed by atoms with Crippen molar-refractivity contribution < 1.29 is 24.5 Å². The number of carbonyl (C=O) groups is 2. The molecule has 0 bridgehead atoms. The maximum atomic E-state index is 12.1. The van der Waals surface area contributed by atoms with Crippen LogP contribution in [0.2, 0.25) is 0 Å². The highest BCUT2D eigenvalue weighted by Gasteiger charge is 2.56. The van der Waals surface area contributed by atoms with Gasteiger partial charge in [-0.3, -0.25) is 9.59 Å². The van der Waals surface area contributed by atoms with Crippen LogP contribution in [0.5, 0.6) is 0 Å². The fraction of sp³-hybridized carbons (Fsp3) is 0.765. The van der Waals surface area contributed by atoms with Crippen molar-refractivity contribution in [2.24, 2.45) is 0 Å². The van der Waals surface area contributed by atoms with Crippen LogP contribution < -0.4 is 5.32 Å². The number of nitrogens with one attached hydrogen (secondary N) is 1. The zero-order chi connectivity index (χ0) is 17.0. The summed E-state index contributed by atoms with van der Waals surface area (Å²) in [7, 11) is 0. The third-order valence-corrected chi connectivity index (χ3v) is 4.63. The first-order valence-corrected chi connectivity index (χ1v) is 8.50. The molecule has 2 aliphatic rings. The van der Waals surface area contributed by atoms with Crippen molar-refractivity contribution in [2.45, 2.75) is 82.3 Å². The number of epoxide rings is 1. The number of hydrogen-bond acceptors (Lipinski definition) is 5. The second-order valence-corrected chi connectivity index (χ2v) is 6.54. The third-order valence-electron chi connectivity index (χ3n) is 4.63. The van der Waals surface area contributed by atoms with Gasteiger partial charge in [0.2, 0.25) is 5.60 Å². The maximum Gasteiger partial charge on any atom is 0.263 e. The lowest BCUT2D eigenvalue weighted by atomic mass is 9.91. The monoisotopic (exact) mass is 325 g/mol. The highest BCUT2D eigenvalue weighted by molar-refractivity contribution is 6.16. The van der Waals surface area contributed by atoms with Crippen LogP contribution in [-0.4, -0.2) is 51.9 Å². The highest BCUT2D eigenvalue weighted by Crippen LogP contribution is 2.29. The first-order chi connectivity index (χ1) is 10.9. The summed E-state index contributed by atoms with van der Waals surface area (Å²) in [5.41, 5.74) is -2.39. The van der Waals surface area contributed by atoms with Gasteiger partial charge in [0.25, 0.3) is 5.91 Å². The molecule has 3 N–H and O–H groups in total. The van der Waals surface area contributed by atoms with Gasteiger partial charge in [0.1, 0.15) is 12.2 Å². The molecule has 5 atom stereocenters. The summed E-state index contributed by atoms with van der Waals surface area (Å²) in [6.45, 7) is 3.72. The van der Waals surface area contributed by atoms with Crippen molar-refractivity contribution in [1.29, 1.82) is 0 Å². The zero-order valence-corrected chi connectivity index (χ0v) is 13.8. The van der Waals surface area contributed by atoms with Crippen LogP contribution in [0, 0.1) is 0 Å². The van der Waals surface area contributed by atoms with E-state index in [2.05, 4.69) is 12.2 Å². The Balaban J connectivity index is 1.76. The summed E-state index contributed by atoms with van der Waals surface area (Å²) in [5.74, 6) is -1.65. The molecule has 2 aliphatic heterocycles. The lowest BCUT2D eigenvalue weighted by molar-refractivity contribution is -0.153. The standard InChI is InChI=1S/C17H27NO5/c1-3-4-5-6-7-8-12-13(23-12)9-10-14(19)17(22)15(20)11(2)18-16(17)21/h9-13,15,20,22H,3-8H2,1-2H3,(H,18,21)/b10-9+/t11-,12?,13?,15-,17+/m0/s1. The van der Waals surface area contributed by atoms with E-state index in [9.17, 15) is 19.8 Å². The Morgan fingerprint density at radius 2 is 2.04 bits per heavy atom. The van der Waals surface area contributed by atoms with E-state index >= 15 is 0 Å². The summed E-state index contributed by atoms with van der Waals surface area (Å²) >= 11 is 0. The van der Waals surface area contributed by atoms with Gasteiger partial charge in [-0.05, 0) is 25.5 Å². The Morgan fingerprint density at radius 1 is 1.35 bits per heavy atom. The molecular formula is C17H27NO5. The first kappa shape index (κ1) is 18.1. The van der Waals surface area contributed by atoms with Gasteiger partial charge in [-0.25, -0.2) is 0 Å². The normalized spacial score (nSPS) is 36.4. The molecule has 2 fully saturated rings. The number of aliphatic hydroxyl groups excluding tert-OH is 1. The summed E-state index contributed by atoms with van der Waals surface area (Å²) in [5, 5.41) is 22.4. The quantitative estimate of drug-likeness (QED) is 0.253. The lowest BCUT2D eigenvalue weighted by Gasteiger charge is -2.20. The first-order valence-electron chi connectivity index (χ1n) is 8.50. The van der Waals surface area contributed by atoms with Crippen LogP contribution in [0.3, 0.4) is 0 Å². The molecule has 0 radical (unpaired) electrons.